The lowest BCUT2D eigenvalue weighted by Gasteiger charge is -2.26. The summed E-state index contributed by atoms with van der Waals surface area (Å²) in [6.45, 7) is 11.5. The molecule has 2 aromatic heterocycles. The molecule has 0 amide bonds. The van der Waals surface area contributed by atoms with Crippen molar-refractivity contribution in [3.63, 3.8) is 0 Å². The van der Waals surface area contributed by atoms with Gasteiger partial charge in [0.25, 0.3) is 0 Å². The van der Waals surface area contributed by atoms with E-state index in [9.17, 15) is 0 Å². The first kappa shape index (κ1) is 18.3. The second-order valence-electron chi connectivity index (χ2n) is 6.07. The summed E-state index contributed by atoms with van der Waals surface area (Å²) in [6, 6.07) is 0. The highest BCUT2D eigenvalue weighted by Gasteiger charge is 2.12. The molecule has 3 rings (SSSR count). The number of hydrogen-bond donors (Lipinski definition) is 1. The van der Waals surface area contributed by atoms with Crippen LogP contribution < -0.4 is 5.32 Å². The summed E-state index contributed by atoms with van der Waals surface area (Å²) in [5.41, 5.74) is 1.64. The standard InChI is InChI=1S/C19H26N6O/c1-3-5-7-16(4-2)25-19-17(14-23-25)18(21-15-22-19)20-8-6-9-24-10-12-26-13-11-24/h3-5,7,14-15H,2,6,8-13H2,1H3,(H,20,21,22)/b5-3-,16-7+. The minimum atomic E-state index is 0.770. The molecule has 0 bridgehead atoms. The van der Waals surface area contributed by atoms with Crippen LogP contribution in [-0.4, -0.2) is 64.0 Å². The van der Waals surface area contributed by atoms with Crippen LogP contribution in [0.5, 0.6) is 0 Å². The van der Waals surface area contributed by atoms with Gasteiger partial charge < -0.3 is 10.1 Å². The summed E-state index contributed by atoms with van der Waals surface area (Å²) in [5, 5.41) is 8.79. The first-order chi connectivity index (χ1) is 12.8. The monoisotopic (exact) mass is 354 g/mol. The van der Waals surface area contributed by atoms with Gasteiger partial charge in [0.05, 0.1) is 30.5 Å². The van der Waals surface area contributed by atoms with Gasteiger partial charge in [-0.15, -0.1) is 0 Å². The summed E-state index contributed by atoms with van der Waals surface area (Å²) in [5.74, 6) is 0.817. The largest absolute Gasteiger partial charge is 0.379 e. The van der Waals surface area contributed by atoms with Crippen LogP contribution in [0.2, 0.25) is 0 Å². The van der Waals surface area contributed by atoms with Crippen molar-refractivity contribution >= 4 is 22.5 Å². The van der Waals surface area contributed by atoms with Gasteiger partial charge >= 0.3 is 0 Å². The lowest BCUT2D eigenvalue weighted by Crippen LogP contribution is -2.37. The molecule has 138 valence electrons. The van der Waals surface area contributed by atoms with Crippen molar-refractivity contribution < 1.29 is 4.74 Å². The number of fused-ring (bicyclic) bond motifs is 1. The molecular weight excluding hydrogens is 328 g/mol. The number of ether oxygens (including phenoxy) is 1. The average Bonchev–Trinajstić information content (AvgIpc) is 3.12. The fourth-order valence-electron chi connectivity index (χ4n) is 2.93. The second-order valence-corrected chi connectivity index (χ2v) is 6.07. The summed E-state index contributed by atoms with van der Waals surface area (Å²) in [6.07, 6.45) is 12.1. The predicted octanol–water partition coefficient (Wildman–Crippen LogP) is 2.56. The highest BCUT2D eigenvalue weighted by atomic mass is 16.5. The van der Waals surface area contributed by atoms with Crippen molar-refractivity contribution in [3.8, 4) is 0 Å². The Labute approximate surface area is 154 Å². The van der Waals surface area contributed by atoms with Gasteiger partial charge in [0.15, 0.2) is 5.65 Å². The van der Waals surface area contributed by atoms with Crippen LogP contribution in [0.25, 0.3) is 16.7 Å². The third-order valence-electron chi connectivity index (χ3n) is 4.33. The smallest absolute Gasteiger partial charge is 0.168 e. The number of hydrogen-bond acceptors (Lipinski definition) is 6. The molecule has 3 heterocycles. The number of aromatic nitrogens is 4. The van der Waals surface area contributed by atoms with Gasteiger partial charge in [0.1, 0.15) is 12.1 Å². The van der Waals surface area contributed by atoms with Crippen LogP contribution in [0.1, 0.15) is 13.3 Å². The Bertz CT molecular complexity index is 788. The molecule has 2 aromatic rings. The molecule has 0 saturated carbocycles. The highest BCUT2D eigenvalue weighted by Crippen LogP contribution is 2.21. The molecule has 1 N–H and O–H groups in total. The zero-order chi connectivity index (χ0) is 18.2. The van der Waals surface area contributed by atoms with Gasteiger partial charge in [0.2, 0.25) is 0 Å². The SMILES string of the molecule is C=C/C(=C\C=C/C)n1ncc2c(NCCCN3CCOCC3)ncnc21. The molecule has 0 atom stereocenters. The third-order valence-corrected chi connectivity index (χ3v) is 4.33. The summed E-state index contributed by atoms with van der Waals surface area (Å²) in [4.78, 5) is 11.2. The number of allylic oxidation sites excluding steroid dienone is 5. The molecule has 1 aliphatic rings. The molecule has 0 spiro atoms. The number of rotatable bonds is 8. The van der Waals surface area contributed by atoms with E-state index in [0.29, 0.717) is 0 Å². The van der Waals surface area contributed by atoms with Crippen LogP contribution in [0.3, 0.4) is 0 Å². The van der Waals surface area contributed by atoms with E-state index >= 15 is 0 Å². The maximum Gasteiger partial charge on any atom is 0.168 e. The van der Waals surface area contributed by atoms with Gasteiger partial charge in [-0.1, -0.05) is 18.7 Å². The number of morpholine rings is 1. The number of nitrogens with zero attached hydrogens (tertiary/aromatic N) is 5. The first-order valence-corrected chi connectivity index (χ1v) is 9.02. The Morgan fingerprint density at radius 2 is 2.19 bits per heavy atom. The van der Waals surface area contributed by atoms with Crippen LogP contribution in [0, 0.1) is 0 Å². The molecule has 0 aromatic carbocycles. The van der Waals surface area contributed by atoms with E-state index in [1.165, 1.54) is 0 Å². The van der Waals surface area contributed by atoms with Crippen molar-refractivity contribution in [2.75, 3.05) is 44.7 Å². The van der Waals surface area contributed by atoms with Gasteiger partial charge in [0, 0.05) is 19.6 Å². The quantitative estimate of drug-likeness (QED) is 0.580. The molecule has 7 heteroatoms. The molecule has 1 aliphatic heterocycles. The molecule has 0 radical (unpaired) electrons. The van der Waals surface area contributed by atoms with Crippen LogP contribution >= 0.6 is 0 Å². The topological polar surface area (TPSA) is 68.1 Å². The minimum absolute atomic E-state index is 0.770. The Morgan fingerprint density at radius 3 is 2.96 bits per heavy atom. The van der Waals surface area contributed by atoms with Crippen molar-refractivity contribution in [1.82, 2.24) is 24.6 Å². The Hall–Kier alpha value is -2.51. The Morgan fingerprint density at radius 1 is 1.35 bits per heavy atom. The Kier molecular flexibility index (Phi) is 6.51. The fourth-order valence-corrected chi connectivity index (χ4v) is 2.93. The van der Waals surface area contributed by atoms with Gasteiger partial charge in [-0.25, -0.2) is 14.6 Å². The van der Waals surface area contributed by atoms with Crippen molar-refractivity contribution in [2.24, 2.45) is 0 Å². The van der Waals surface area contributed by atoms with E-state index in [1.54, 1.807) is 23.3 Å². The molecule has 7 nitrogen and oxygen atoms in total. The van der Waals surface area contributed by atoms with Crippen LogP contribution in [0.4, 0.5) is 5.82 Å². The normalized spacial score (nSPS) is 16.4. The molecule has 0 aliphatic carbocycles. The lowest BCUT2D eigenvalue weighted by atomic mass is 10.3. The maximum absolute atomic E-state index is 5.38. The van der Waals surface area contributed by atoms with E-state index in [0.717, 1.165) is 68.4 Å². The molecule has 0 unspecified atom stereocenters. The molecule has 26 heavy (non-hydrogen) atoms. The number of nitrogens with one attached hydrogen (secondary N) is 1. The van der Waals surface area contributed by atoms with E-state index < -0.39 is 0 Å². The number of anilines is 1. The summed E-state index contributed by atoms with van der Waals surface area (Å²) < 4.78 is 7.16. The highest BCUT2D eigenvalue weighted by molar-refractivity contribution is 5.88. The summed E-state index contributed by atoms with van der Waals surface area (Å²) in [7, 11) is 0. The molecule has 1 fully saturated rings. The van der Waals surface area contributed by atoms with Crippen molar-refractivity contribution in [1.29, 1.82) is 0 Å². The Balaban J connectivity index is 1.67. The first-order valence-electron chi connectivity index (χ1n) is 9.02. The molecule has 1 saturated heterocycles. The average molecular weight is 354 g/mol. The van der Waals surface area contributed by atoms with Crippen LogP contribution in [-0.2, 0) is 4.74 Å². The van der Waals surface area contributed by atoms with E-state index in [2.05, 4.69) is 31.9 Å². The van der Waals surface area contributed by atoms with E-state index in [1.807, 2.05) is 25.2 Å². The van der Waals surface area contributed by atoms with Gasteiger partial charge in [-0.05, 0) is 32.0 Å². The fraction of sp³-hybridized carbons (Fsp3) is 0.421. The predicted molar refractivity (Wildman–Crippen MR) is 105 cm³/mol. The van der Waals surface area contributed by atoms with E-state index in [4.69, 9.17) is 4.74 Å². The van der Waals surface area contributed by atoms with E-state index in [-0.39, 0.29) is 0 Å². The third kappa shape index (κ3) is 4.36. The maximum atomic E-state index is 5.38. The summed E-state index contributed by atoms with van der Waals surface area (Å²) >= 11 is 0. The van der Waals surface area contributed by atoms with Crippen molar-refractivity contribution in [3.05, 3.63) is 43.4 Å². The van der Waals surface area contributed by atoms with Crippen LogP contribution in [0.15, 0.2) is 43.4 Å². The zero-order valence-corrected chi connectivity index (χ0v) is 15.3. The van der Waals surface area contributed by atoms with Crippen molar-refractivity contribution in [2.45, 2.75) is 13.3 Å². The van der Waals surface area contributed by atoms with Gasteiger partial charge in [-0.2, -0.15) is 5.10 Å². The minimum Gasteiger partial charge on any atom is -0.379 e. The lowest BCUT2D eigenvalue weighted by molar-refractivity contribution is 0.0378. The zero-order valence-electron chi connectivity index (χ0n) is 15.3. The molecular formula is C19H26N6O. The second kappa shape index (κ2) is 9.26. The van der Waals surface area contributed by atoms with Gasteiger partial charge in [-0.3, -0.25) is 4.90 Å².